The van der Waals surface area contributed by atoms with Gasteiger partial charge in [-0.05, 0) is 38.5 Å². The predicted molar refractivity (Wildman–Crippen MR) is 145 cm³/mol. The number of unbranched alkanes of at least 4 members (excludes halogenated alkanes) is 7. The number of hydrogen-bond donors (Lipinski definition) is 2. The molecule has 36 heavy (non-hydrogen) atoms. The van der Waals surface area contributed by atoms with Gasteiger partial charge in [0.25, 0.3) is 5.95 Å². The minimum Gasteiger partial charge on any atom is -0.465 e. The summed E-state index contributed by atoms with van der Waals surface area (Å²) in [6, 6.07) is 0. The van der Waals surface area contributed by atoms with Crippen molar-refractivity contribution in [3.05, 3.63) is 10.7 Å². The number of nitrogens with zero attached hydrogens (tertiary/aromatic N) is 3. The van der Waals surface area contributed by atoms with Crippen molar-refractivity contribution < 1.29 is 14.3 Å². The third-order valence-corrected chi connectivity index (χ3v) is 7.39. The van der Waals surface area contributed by atoms with E-state index in [0.717, 1.165) is 57.1 Å². The lowest BCUT2D eigenvalue weighted by atomic mass is 9.94. The number of nitrogens with one attached hydrogen (secondary N) is 2. The van der Waals surface area contributed by atoms with Crippen LogP contribution in [-0.4, -0.2) is 38.3 Å². The van der Waals surface area contributed by atoms with Crippen molar-refractivity contribution >= 4 is 35.1 Å². The molecular formula is C27H46ClN5O3. The molecule has 0 spiro atoms. The number of ether oxygens (including phenoxy) is 1. The SMILES string of the molecule is CCCCOC(=O)C(CC)CCCCCCCCCC(CC)CC(=O)Nc1nc2c(Cl)c(C)[nH]n2n1. The summed E-state index contributed by atoms with van der Waals surface area (Å²) in [5.74, 6) is 0.644. The van der Waals surface area contributed by atoms with Crippen LogP contribution in [0.4, 0.5) is 5.95 Å². The first-order valence-electron chi connectivity index (χ1n) is 14.0. The Kier molecular flexibility index (Phi) is 13.9. The van der Waals surface area contributed by atoms with Crippen molar-refractivity contribution in [2.75, 3.05) is 11.9 Å². The number of aromatic amines is 1. The summed E-state index contributed by atoms with van der Waals surface area (Å²) in [7, 11) is 0. The van der Waals surface area contributed by atoms with E-state index in [9.17, 15) is 9.59 Å². The molecule has 0 fully saturated rings. The van der Waals surface area contributed by atoms with Crippen LogP contribution in [0.1, 0.15) is 116 Å². The Hall–Kier alpha value is -2.09. The molecule has 1 amide bonds. The lowest BCUT2D eigenvalue weighted by Gasteiger charge is -2.14. The quantitative estimate of drug-likeness (QED) is 0.149. The van der Waals surface area contributed by atoms with E-state index < -0.39 is 0 Å². The first kappa shape index (κ1) is 30.1. The van der Waals surface area contributed by atoms with Crippen LogP contribution < -0.4 is 5.32 Å². The molecule has 0 saturated carbocycles. The summed E-state index contributed by atoms with van der Waals surface area (Å²) in [6.45, 7) is 8.73. The van der Waals surface area contributed by atoms with Gasteiger partial charge in [-0.15, -0.1) is 5.10 Å². The fourth-order valence-electron chi connectivity index (χ4n) is 4.48. The molecule has 8 nitrogen and oxygen atoms in total. The highest BCUT2D eigenvalue weighted by atomic mass is 35.5. The zero-order chi connectivity index (χ0) is 26.3. The number of hydrogen-bond acceptors (Lipinski definition) is 5. The largest absolute Gasteiger partial charge is 0.465 e. The standard InChI is InChI=1S/C27H46ClN5O3/c1-5-8-18-36-26(35)22(7-3)17-15-13-11-9-10-12-14-16-21(6-2)19-23(34)29-27-30-25-24(28)20(4)31-33(25)32-27/h21-22,31H,5-19H2,1-4H3,(H,29,32,34). The molecule has 0 aromatic carbocycles. The highest BCUT2D eigenvalue weighted by Gasteiger charge is 2.18. The molecule has 9 heteroatoms. The second kappa shape index (κ2) is 16.6. The lowest BCUT2D eigenvalue weighted by molar-refractivity contribution is -0.149. The zero-order valence-corrected chi connectivity index (χ0v) is 23.5. The van der Waals surface area contributed by atoms with Gasteiger partial charge in [0.05, 0.1) is 18.2 Å². The van der Waals surface area contributed by atoms with Gasteiger partial charge >= 0.3 is 5.97 Å². The van der Waals surface area contributed by atoms with Gasteiger partial charge in [0.2, 0.25) is 5.91 Å². The van der Waals surface area contributed by atoms with E-state index in [1.165, 1.54) is 36.7 Å². The number of esters is 1. The molecule has 2 aromatic rings. The first-order chi connectivity index (χ1) is 17.4. The van der Waals surface area contributed by atoms with Gasteiger partial charge in [0.1, 0.15) is 5.02 Å². The Morgan fingerprint density at radius 1 is 1.00 bits per heavy atom. The number of amides is 1. The third kappa shape index (κ3) is 10.1. The average molecular weight is 524 g/mol. The van der Waals surface area contributed by atoms with Crippen LogP contribution in [-0.2, 0) is 14.3 Å². The molecule has 2 rings (SSSR count). The third-order valence-electron chi connectivity index (χ3n) is 6.94. The van der Waals surface area contributed by atoms with Gasteiger partial charge in [-0.1, -0.05) is 90.2 Å². The molecular weight excluding hydrogens is 478 g/mol. The van der Waals surface area contributed by atoms with Crippen LogP contribution in [0.5, 0.6) is 0 Å². The summed E-state index contributed by atoms with van der Waals surface area (Å²) in [5.41, 5.74) is 1.31. The fraction of sp³-hybridized carbons (Fsp3) is 0.778. The zero-order valence-electron chi connectivity index (χ0n) is 22.7. The Bertz CT molecular complexity index is 926. The molecule has 0 aliphatic rings. The Labute approximate surface area is 221 Å². The molecule has 2 N–H and O–H groups in total. The number of carbonyl (C=O) groups is 2. The average Bonchev–Trinajstić information content (AvgIpc) is 3.36. The Balaban J connectivity index is 1.53. The number of aromatic nitrogens is 4. The topological polar surface area (TPSA) is 101 Å². The number of anilines is 1. The van der Waals surface area contributed by atoms with Crippen LogP contribution in [0, 0.1) is 18.8 Å². The Morgan fingerprint density at radius 3 is 2.28 bits per heavy atom. The number of rotatable bonds is 19. The van der Waals surface area contributed by atoms with Crippen molar-refractivity contribution in [2.45, 2.75) is 118 Å². The van der Waals surface area contributed by atoms with Crippen LogP contribution in [0.15, 0.2) is 0 Å². The molecule has 0 saturated heterocycles. The van der Waals surface area contributed by atoms with Crippen LogP contribution >= 0.6 is 11.6 Å². The van der Waals surface area contributed by atoms with Gasteiger partial charge in [-0.2, -0.15) is 9.61 Å². The van der Waals surface area contributed by atoms with Gasteiger partial charge in [0, 0.05) is 6.42 Å². The summed E-state index contributed by atoms with van der Waals surface area (Å²) >= 11 is 6.18. The highest BCUT2D eigenvalue weighted by Crippen LogP contribution is 2.22. The Morgan fingerprint density at radius 2 is 1.67 bits per heavy atom. The van der Waals surface area contributed by atoms with Crippen LogP contribution in [0.25, 0.3) is 5.65 Å². The molecule has 2 unspecified atom stereocenters. The van der Waals surface area contributed by atoms with E-state index in [2.05, 4.69) is 41.3 Å². The van der Waals surface area contributed by atoms with Crippen molar-refractivity contribution in [3.8, 4) is 0 Å². The van der Waals surface area contributed by atoms with Gasteiger partial charge in [-0.25, -0.2) is 0 Å². The van der Waals surface area contributed by atoms with Gasteiger partial charge in [0.15, 0.2) is 5.65 Å². The first-order valence-corrected chi connectivity index (χ1v) is 14.3. The maximum Gasteiger partial charge on any atom is 0.308 e. The number of fused-ring (bicyclic) bond motifs is 1. The molecule has 0 aliphatic carbocycles. The second-order valence-corrected chi connectivity index (χ2v) is 10.3. The van der Waals surface area contributed by atoms with E-state index in [0.29, 0.717) is 29.6 Å². The van der Waals surface area contributed by atoms with E-state index in [1.807, 2.05) is 6.92 Å². The minimum absolute atomic E-state index is 0.0106. The number of halogens is 1. The van der Waals surface area contributed by atoms with E-state index >= 15 is 0 Å². The lowest BCUT2D eigenvalue weighted by Crippen LogP contribution is -2.17. The summed E-state index contributed by atoms with van der Waals surface area (Å²) < 4.78 is 6.86. The molecule has 0 radical (unpaired) electrons. The summed E-state index contributed by atoms with van der Waals surface area (Å²) in [4.78, 5) is 28.9. The van der Waals surface area contributed by atoms with Crippen molar-refractivity contribution in [3.63, 3.8) is 0 Å². The van der Waals surface area contributed by atoms with Gasteiger partial charge in [-0.3, -0.25) is 20.0 Å². The number of H-pyrrole nitrogens is 1. The van der Waals surface area contributed by atoms with Crippen molar-refractivity contribution in [2.24, 2.45) is 11.8 Å². The summed E-state index contributed by atoms with van der Waals surface area (Å²) in [6.07, 6.45) is 14.6. The maximum atomic E-state index is 12.5. The van der Waals surface area contributed by atoms with Crippen molar-refractivity contribution in [1.82, 2.24) is 19.8 Å². The fourth-order valence-corrected chi connectivity index (χ4v) is 4.64. The second-order valence-electron chi connectivity index (χ2n) is 9.93. The van der Waals surface area contributed by atoms with Crippen LogP contribution in [0.3, 0.4) is 0 Å². The smallest absolute Gasteiger partial charge is 0.308 e. The predicted octanol–water partition coefficient (Wildman–Crippen LogP) is 7.25. The number of aryl methyl sites for hydroxylation is 1. The highest BCUT2D eigenvalue weighted by molar-refractivity contribution is 6.34. The molecule has 2 aromatic heterocycles. The number of carbonyl (C=O) groups excluding carboxylic acids is 2. The van der Waals surface area contributed by atoms with E-state index in [-0.39, 0.29) is 23.7 Å². The minimum atomic E-state index is -0.0532. The molecule has 2 atom stereocenters. The van der Waals surface area contributed by atoms with Gasteiger partial charge < -0.3 is 4.74 Å². The van der Waals surface area contributed by atoms with Crippen LogP contribution in [0.2, 0.25) is 5.02 Å². The van der Waals surface area contributed by atoms with E-state index in [4.69, 9.17) is 16.3 Å². The summed E-state index contributed by atoms with van der Waals surface area (Å²) in [5, 5.41) is 10.5. The monoisotopic (exact) mass is 523 g/mol. The molecule has 0 aliphatic heterocycles. The maximum absolute atomic E-state index is 12.5. The van der Waals surface area contributed by atoms with Crippen molar-refractivity contribution in [1.29, 1.82) is 0 Å². The molecule has 2 heterocycles. The molecule has 0 bridgehead atoms. The normalized spacial score (nSPS) is 13.1. The van der Waals surface area contributed by atoms with E-state index in [1.54, 1.807) is 0 Å². The molecule has 204 valence electrons.